The maximum atomic E-state index is 14.2. The molecule has 7 heteroatoms. The summed E-state index contributed by atoms with van der Waals surface area (Å²) in [4.78, 5) is 15.9. The van der Waals surface area contributed by atoms with Crippen molar-refractivity contribution in [3.05, 3.63) is 51.2 Å². The molecular weight excluding hydrogens is 290 g/mol. The van der Waals surface area contributed by atoms with E-state index in [4.69, 9.17) is 0 Å². The van der Waals surface area contributed by atoms with Gasteiger partial charge in [0.15, 0.2) is 0 Å². The highest BCUT2D eigenvalue weighted by Gasteiger charge is 2.28. The van der Waals surface area contributed by atoms with E-state index < -0.39 is 11.6 Å². The zero-order valence-corrected chi connectivity index (χ0v) is 12.3. The second-order valence-electron chi connectivity index (χ2n) is 5.70. The van der Waals surface area contributed by atoms with Gasteiger partial charge in [0.05, 0.1) is 6.04 Å². The first-order valence-electron chi connectivity index (χ1n) is 7.38. The zero-order valence-electron chi connectivity index (χ0n) is 12.3. The molecule has 5 nitrogen and oxygen atoms in total. The lowest BCUT2D eigenvalue weighted by atomic mass is 10.00. The van der Waals surface area contributed by atoms with Crippen LogP contribution in [0.3, 0.4) is 0 Å². The van der Waals surface area contributed by atoms with Gasteiger partial charge in [-0.3, -0.25) is 9.88 Å². The molecule has 1 aliphatic heterocycles. The lowest BCUT2D eigenvalue weighted by Gasteiger charge is -2.34. The van der Waals surface area contributed by atoms with Crippen molar-refractivity contribution >= 4 is 0 Å². The Bertz CT molecular complexity index is 725. The number of nitrogens with zero attached hydrogens (tertiary/aromatic N) is 2. The number of H-pyrrole nitrogens is 2. The highest BCUT2D eigenvalue weighted by molar-refractivity contribution is 5.26. The minimum atomic E-state index is -0.539. The number of hydrogen-bond donors (Lipinski definition) is 2. The molecule has 1 aromatic heterocycles. The number of aryl methyl sites for hydroxylation is 1. The van der Waals surface area contributed by atoms with Gasteiger partial charge in [-0.05, 0) is 37.9 Å². The van der Waals surface area contributed by atoms with Gasteiger partial charge in [0.1, 0.15) is 17.5 Å². The molecule has 1 saturated heterocycles. The summed E-state index contributed by atoms with van der Waals surface area (Å²) >= 11 is 0. The van der Waals surface area contributed by atoms with Crippen molar-refractivity contribution in [2.24, 2.45) is 0 Å². The van der Waals surface area contributed by atoms with Gasteiger partial charge in [-0.25, -0.2) is 18.7 Å². The number of halogens is 2. The highest BCUT2D eigenvalue weighted by atomic mass is 19.1. The Hall–Kier alpha value is -2.02. The van der Waals surface area contributed by atoms with Crippen molar-refractivity contribution < 1.29 is 8.78 Å². The highest BCUT2D eigenvalue weighted by Crippen LogP contribution is 2.31. The van der Waals surface area contributed by atoms with Gasteiger partial charge in [0.2, 0.25) is 0 Å². The molecule has 0 bridgehead atoms. The first-order chi connectivity index (χ1) is 10.6. The first kappa shape index (κ1) is 14.9. The molecule has 1 aliphatic rings. The average molecular weight is 308 g/mol. The van der Waals surface area contributed by atoms with E-state index in [2.05, 4.69) is 15.2 Å². The van der Waals surface area contributed by atoms with Gasteiger partial charge in [-0.1, -0.05) is 12.5 Å². The molecule has 2 N–H and O–H groups in total. The van der Waals surface area contributed by atoms with Gasteiger partial charge in [0, 0.05) is 12.1 Å². The smallest absolute Gasteiger partial charge is 0.292 e. The van der Waals surface area contributed by atoms with Crippen molar-refractivity contribution in [3.63, 3.8) is 0 Å². The molecule has 1 aromatic carbocycles. The van der Waals surface area contributed by atoms with Crippen LogP contribution in [0.15, 0.2) is 16.9 Å². The lowest BCUT2D eigenvalue weighted by Crippen LogP contribution is -2.34. The van der Waals surface area contributed by atoms with Crippen LogP contribution in [0.25, 0.3) is 0 Å². The maximum Gasteiger partial charge on any atom is 0.340 e. The van der Waals surface area contributed by atoms with Crippen molar-refractivity contribution in [1.29, 1.82) is 0 Å². The quantitative estimate of drug-likeness (QED) is 0.915. The predicted octanol–water partition coefficient (Wildman–Crippen LogP) is 2.41. The number of benzene rings is 1. The maximum absolute atomic E-state index is 14.2. The second-order valence-corrected chi connectivity index (χ2v) is 5.70. The normalized spacial score (nSPS) is 19.5. The predicted molar refractivity (Wildman–Crippen MR) is 77.3 cm³/mol. The summed E-state index contributed by atoms with van der Waals surface area (Å²) in [5, 5.41) is 6.32. The number of nitrogens with one attached hydrogen (secondary N) is 2. The van der Waals surface area contributed by atoms with E-state index in [-0.39, 0.29) is 23.8 Å². The molecule has 1 atom stereocenters. The van der Waals surface area contributed by atoms with Crippen LogP contribution in [0, 0.1) is 18.6 Å². The van der Waals surface area contributed by atoms with Crippen molar-refractivity contribution in [3.8, 4) is 0 Å². The Morgan fingerprint density at radius 1 is 1.36 bits per heavy atom. The number of hydrogen-bond acceptors (Lipinski definition) is 3. The molecule has 0 aliphatic carbocycles. The number of aromatic amines is 2. The molecule has 22 heavy (non-hydrogen) atoms. The molecule has 0 amide bonds. The van der Waals surface area contributed by atoms with E-state index in [1.54, 1.807) is 6.92 Å². The Balaban J connectivity index is 1.89. The fraction of sp³-hybridized carbons (Fsp3) is 0.467. The molecule has 118 valence electrons. The number of piperidine rings is 1. The molecular formula is C15H18F2N4O. The van der Waals surface area contributed by atoms with E-state index in [9.17, 15) is 13.6 Å². The Labute approximate surface area is 126 Å². The standard InChI is InChI=1S/C15H18F2N4O/c1-9-5-6-11(16)10(13(9)17)8-21-7-3-2-4-12(21)14-18-15(22)20-19-14/h5-6,12H,2-4,7-8H2,1H3,(H2,18,19,20,22). The Kier molecular flexibility index (Phi) is 4.06. The first-order valence-corrected chi connectivity index (χ1v) is 7.38. The topological polar surface area (TPSA) is 64.8 Å². The van der Waals surface area contributed by atoms with Crippen LogP contribution < -0.4 is 5.69 Å². The fourth-order valence-corrected chi connectivity index (χ4v) is 2.99. The van der Waals surface area contributed by atoms with Gasteiger partial charge >= 0.3 is 5.69 Å². The lowest BCUT2D eigenvalue weighted by molar-refractivity contribution is 0.130. The summed E-state index contributed by atoms with van der Waals surface area (Å²) < 4.78 is 28.2. The third kappa shape index (κ3) is 2.81. The Morgan fingerprint density at radius 3 is 2.91 bits per heavy atom. The summed E-state index contributed by atoms with van der Waals surface area (Å²) in [6, 6.07) is 2.60. The van der Waals surface area contributed by atoms with Crippen molar-refractivity contribution in [2.45, 2.75) is 38.8 Å². The largest absolute Gasteiger partial charge is 0.340 e. The summed E-state index contributed by atoms with van der Waals surface area (Å²) in [5.41, 5.74) is 0.136. The van der Waals surface area contributed by atoms with Gasteiger partial charge in [-0.15, -0.1) is 0 Å². The summed E-state index contributed by atoms with van der Waals surface area (Å²) in [7, 11) is 0. The molecule has 0 spiro atoms. The number of likely N-dealkylation sites (tertiary alicyclic amines) is 1. The van der Waals surface area contributed by atoms with Gasteiger partial charge in [0.25, 0.3) is 0 Å². The van der Waals surface area contributed by atoms with Crippen LogP contribution in [-0.2, 0) is 6.54 Å². The average Bonchev–Trinajstić information content (AvgIpc) is 2.94. The molecule has 2 heterocycles. The zero-order chi connectivity index (χ0) is 15.7. The van der Waals surface area contributed by atoms with Gasteiger partial charge in [-0.2, -0.15) is 5.10 Å². The van der Waals surface area contributed by atoms with Gasteiger partial charge < -0.3 is 0 Å². The number of rotatable bonds is 3. The van der Waals surface area contributed by atoms with Crippen molar-refractivity contribution in [2.75, 3.05) is 6.54 Å². The molecule has 3 rings (SSSR count). The minimum absolute atomic E-state index is 0.0739. The SMILES string of the molecule is Cc1ccc(F)c(CN2CCCCC2c2n[nH]c(=O)[nH]2)c1F. The van der Waals surface area contributed by atoms with E-state index >= 15 is 0 Å². The third-order valence-corrected chi connectivity index (χ3v) is 4.19. The summed E-state index contributed by atoms with van der Waals surface area (Å²) in [5.74, 6) is -0.513. The molecule has 2 aromatic rings. The monoisotopic (exact) mass is 308 g/mol. The Morgan fingerprint density at radius 2 is 2.18 bits per heavy atom. The third-order valence-electron chi connectivity index (χ3n) is 4.19. The van der Waals surface area contributed by atoms with Crippen LogP contribution >= 0.6 is 0 Å². The summed E-state index contributed by atoms with van der Waals surface area (Å²) in [6.45, 7) is 2.50. The van der Waals surface area contributed by atoms with E-state index in [0.717, 1.165) is 19.3 Å². The van der Waals surface area contributed by atoms with Crippen molar-refractivity contribution in [1.82, 2.24) is 20.1 Å². The van der Waals surface area contributed by atoms with Crippen LogP contribution in [0.2, 0.25) is 0 Å². The van der Waals surface area contributed by atoms with E-state index in [1.165, 1.54) is 12.1 Å². The van der Waals surface area contributed by atoms with Crippen LogP contribution in [0.4, 0.5) is 8.78 Å². The molecule has 1 fully saturated rings. The van der Waals surface area contributed by atoms with Crippen LogP contribution in [-0.4, -0.2) is 26.6 Å². The molecule has 0 radical (unpaired) electrons. The minimum Gasteiger partial charge on any atom is -0.292 e. The fourth-order valence-electron chi connectivity index (χ4n) is 2.99. The van der Waals surface area contributed by atoms with Crippen LogP contribution in [0.1, 0.15) is 42.3 Å². The molecule has 1 unspecified atom stereocenters. The second kappa shape index (κ2) is 6.00. The summed E-state index contributed by atoms with van der Waals surface area (Å²) in [6.07, 6.45) is 2.75. The number of aromatic nitrogens is 3. The molecule has 0 saturated carbocycles. The van der Waals surface area contributed by atoms with Crippen LogP contribution in [0.5, 0.6) is 0 Å². The van der Waals surface area contributed by atoms with E-state index in [1.807, 2.05) is 4.90 Å². The van der Waals surface area contributed by atoms with E-state index in [0.29, 0.717) is 17.9 Å².